The number of sulfonamides is 2. The van der Waals surface area contributed by atoms with Crippen LogP contribution in [0.25, 0.3) is 0 Å². The molecule has 0 saturated carbocycles. The molecule has 0 aromatic heterocycles. The number of nitrogens with one attached hydrogen (secondary N) is 2. The van der Waals surface area contributed by atoms with E-state index in [9.17, 15) is 26.4 Å². The summed E-state index contributed by atoms with van der Waals surface area (Å²) in [6, 6.07) is 32.4. The van der Waals surface area contributed by atoms with E-state index in [2.05, 4.69) is 10.6 Å². The van der Waals surface area contributed by atoms with Crippen LogP contribution in [0.15, 0.2) is 131 Å². The van der Waals surface area contributed by atoms with Crippen molar-refractivity contribution < 1.29 is 26.4 Å². The molecule has 2 N–H and O–H groups in total. The number of rotatable bonds is 8. The third-order valence-corrected chi connectivity index (χ3v) is 12.9. The lowest BCUT2D eigenvalue weighted by atomic mass is 10.1. The Hall–Kier alpha value is -5.46. The van der Waals surface area contributed by atoms with E-state index < -0.39 is 31.9 Å². The van der Waals surface area contributed by atoms with Crippen molar-refractivity contribution in [2.75, 3.05) is 19.2 Å². The average Bonchev–Trinajstić information content (AvgIpc) is 3.65. The molecule has 0 saturated heterocycles. The van der Waals surface area contributed by atoms with Crippen molar-refractivity contribution in [2.24, 2.45) is 0 Å². The lowest BCUT2D eigenvalue weighted by molar-refractivity contribution is 0.101. The van der Waals surface area contributed by atoms with Crippen molar-refractivity contribution in [2.45, 2.75) is 48.6 Å². The van der Waals surface area contributed by atoms with Gasteiger partial charge < -0.3 is 10.6 Å². The predicted octanol–water partition coefficient (Wildman–Crippen LogP) is 6.47. The summed E-state index contributed by atoms with van der Waals surface area (Å²) < 4.78 is 57.9. The van der Waals surface area contributed by atoms with Crippen molar-refractivity contribution in [1.82, 2.24) is 0 Å². The molecular weight excluding hydrogens is 673 g/mol. The lowest BCUT2D eigenvalue weighted by Crippen LogP contribution is -2.35. The first-order chi connectivity index (χ1) is 23.9. The molecule has 7 rings (SSSR count). The van der Waals surface area contributed by atoms with E-state index in [0.717, 1.165) is 11.1 Å². The summed E-state index contributed by atoms with van der Waals surface area (Å²) in [6.07, 6.45) is 1.18. The molecule has 5 aromatic carbocycles. The van der Waals surface area contributed by atoms with Crippen LogP contribution in [0.5, 0.6) is 0 Å². The minimum absolute atomic E-state index is 0.0167. The first kappa shape index (κ1) is 33.1. The van der Waals surface area contributed by atoms with Crippen LogP contribution in [0.3, 0.4) is 0 Å². The van der Waals surface area contributed by atoms with Crippen molar-refractivity contribution in [3.05, 3.63) is 144 Å². The average molecular weight is 707 g/mol. The van der Waals surface area contributed by atoms with Gasteiger partial charge in [-0.25, -0.2) is 16.8 Å². The van der Waals surface area contributed by atoms with Gasteiger partial charge in [0, 0.05) is 23.2 Å². The number of carbonyl (C=O) groups excluding carboxylic acids is 2. The molecule has 0 spiro atoms. The van der Waals surface area contributed by atoms with Gasteiger partial charge in [0.25, 0.3) is 31.9 Å². The van der Waals surface area contributed by atoms with Crippen LogP contribution >= 0.6 is 0 Å². The second kappa shape index (κ2) is 12.8. The molecule has 0 fully saturated rings. The van der Waals surface area contributed by atoms with Gasteiger partial charge in [0.1, 0.15) is 0 Å². The molecule has 50 heavy (non-hydrogen) atoms. The number of para-hydroxylation sites is 4. The molecular formula is C38H34N4O6S2. The van der Waals surface area contributed by atoms with Crippen molar-refractivity contribution in [3.63, 3.8) is 0 Å². The number of benzene rings is 5. The Morgan fingerprint density at radius 1 is 0.540 bits per heavy atom. The number of carbonyl (C=O) groups is 2. The van der Waals surface area contributed by atoms with E-state index in [1.807, 2.05) is 38.1 Å². The molecule has 0 radical (unpaired) electrons. The van der Waals surface area contributed by atoms with Crippen LogP contribution in [0.2, 0.25) is 0 Å². The van der Waals surface area contributed by atoms with Gasteiger partial charge >= 0.3 is 0 Å². The smallest absolute Gasteiger partial charge is 0.264 e. The van der Waals surface area contributed by atoms with Gasteiger partial charge in [-0.1, -0.05) is 60.7 Å². The highest BCUT2D eigenvalue weighted by Crippen LogP contribution is 2.38. The Labute approximate surface area is 291 Å². The fourth-order valence-electron chi connectivity index (χ4n) is 6.72. The highest BCUT2D eigenvalue weighted by Gasteiger charge is 2.37. The molecule has 0 aliphatic carbocycles. The molecule has 2 aliphatic heterocycles. The van der Waals surface area contributed by atoms with E-state index in [1.165, 1.54) is 57.1 Å². The summed E-state index contributed by atoms with van der Waals surface area (Å²) in [5, 5.41) is 5.56. The van der Waals surface area contributed by atoms with E-state index in [-0.39, 0.29) is 44.4 Å². The van der Waals surface area contributed by atoms with E-state index >= 15 is 0 Å². The van der Waals surface area contributed by atoms with Crippen LogP contribution in [0, 0.1) is 0 Å². The summed E-state index contributed by atoms with van der Waals surface area (Å²) in [4.78, 5) is 26.9. The van der Waals surface area contributed by atoms with Crippen LogP contribution in [-0.2, 0) is 32.9 Å². The third-order valence-electron chi connectivity index (χ3n) is 9.02. The first-order valence-electron chi connectivity index (χ1n) is 16.1. The summed E-state index contributed by atoms with van der Waals surface area (Å²) >= 11 is 0. The molecule has 12 heteroatoms. The maximum absolute atomic E-state index is 13.8. The number of nitrogens with zero attached hydrogens (tertiary/aromatic N) is 2. The zero-order valence-electron chi connectivity index (χ0n) is 27.3. The summed E-state index contributed by atoms with van der Waals surface area (Å²) in [7, 11) is -7.94. The zero-order chi connectivity index (χ0) is 35.2. The van der Waals surface area contributed by atoms with Crippen LogP contribution < -0.4 is 19.2 Å². The summed E-state index contributed by atoms with van der Waals surface area (Å²) in [6.45, 7) is 3.70. The second-order valence-corrected chi connectivity index (χ2v) is 16.1. The first-order valence-corrected chi connectivity index (χ1v) is 19.0. The third kappa shape index (κ3) is 5.90. The van der Waals surface area contributed by atoms with Crippen LogP contribution in [-0.4, -0.2) is 40.7 Å². The monoisotopic (exact) mass is 706 g/mol. The maximum Gasteiger partial charge on any atom is 0.264 e. The number of amides is 2. The van der Waals surface area contributed by atoms with Gasteiger partial charge in [0.15, 0.2) is 0 Å². The van der Waals surface area contributed by atoms with Gasteiger partial charge in [0.2, 0.25) is 0 Å². The quantitative estimate of drug-likeness (QED) is 0.190. The van der Waals surface area contributed by atoms with Gasteiger partial charge in [-0.3, -0.25) is 18.2 Å². The molecule has 2 heterocycles. The predicted molar refractivity (Wildman–Crippen MR) is 194 cm³/mol. The highest BCUT2D eigenvalue weighted by molar-refractivity contribution is 7.93. The van der Waals surface area contributed by atoms with E-state index in [0.29, 0.717) is 24.2 Å². The zero-order valence-corrected chi connectivity index (χ0v) is 28.9. The molecule has 2 atom stereocenters. The molecule has 2 unspecified atom stereocenters. The van der Waals surface area contributed by atoms with Crippen molar-refractivity contribution in [1.29, 1.82) is 0 Å². The minimum atomic E-state index is -3.97. The maximum atomic E-state index is 13.8. The van der Waals surface area contributed by atoms with Crippen molar-refractivity contribution in [3.8, 4) is 0 Å². The number of hydrogen-bond donors (Lipinski definition) is 2. The van der Waals surface area contributed by atoms with Crippen LogP contribution in [0.4, 0.5) is 22.7 Å². The Morgan fingerprint density at radius 3 is 1.34 bits per heavy atom. The highest BCUT2D eigenvalue weighted by atomic mass is 32.2. The standard InChI is InChI=1S/C38H34N4O6S2/c1-25-21-27-11-3-7-19-35(27)41(25)49(45,46)31-15-9-13-29(23-31)37(43)39-33-17-5-6-18-34(33)40-38(44)30-14-10-16-32(24-30)50(47,48)42-26(2)22-28-12-4-8-20-36(28)42/h3-20,23-26H,21-22H2,1-2H3,(H,39,43)(H,40,44). The largest absolute Gasteiger partial charge is 0.320 e. The van der Waals surface area contributed by atoms with E-state index in [1.54, 1.807) is 48.5 Å². The number of fused-ring (bicyclic) bond motifs is 2. The lowest BCUT2D eigenvalue weighted by Gasteiger charge is -2.24. The molecule has 5 aromatic rings. The number of anilines is 4. The Kier molecular flexibility index (Phi) is 8.44. The Morgan fingerprint density at radius 2 is 0.920 bits per heavy atom. The molecule has 254 valence electrons. The Bertz CT molecular complexity index is 2210. The normalized spacial score (nSPS) is 16.8. The van der Waals surface area contributed by atoms with E-state index in [4.69, 9.17) is 0 Å². The fourth-order valence-corrected chi connectivity index (χ4v) is 10.2. The second-order valence-electron chi connectivity index (χ2n) is 12.5. The van der Waals surface area contributed by atoms with Gasteiger partial charge in [-0.05, 0) is 98.5 Å². The van der Waals surface area contributed by atoms with Gasteiger partial charge in [0.05, 0.1) is 32.5 Å². The topological polar surface area (TPSA) is 133 Å². The van der Waals surface area contributed by atoms with Gasteiger partial charge in [-0.15, -0.1) is 0 Å². The Balaban J connectivity index is 1.10. The summed E-state index contributed by atoms with van der Waals surface area (Å²) in [5.74, 6) is -1.15. The molecule has 10 nitrogen and oxygen atoms in total. The fraction of sp³-hybridized carbons (Fsp3) is 0.158. The molecule has 2 amide bonds. The minimum Gasteiger partial charge on any atom is -0.320 e. The summed E-state index contributed by atoms with van der Waals surface area (Å²) in [5.41, 5.74) is 3.90. The van der Waals surface area contributed by atoms with Crippen LogP contribution in [0.1, 0.15) is 45.7 Å². The molecule has 0 bridgehead atoms. The number of hydrogen-bond acceptors (Lipinski definition) is 6. The SMILES string of the molecule is CC1Cc2ccccc2N1S(=O)(=O)c1cccc(C(=O)Nc2ccccc2NC(=O)c2cccc(S(=O)(=O)N3c4ccccc4CC3C)c2)c1. The molecule has 2 aliphatic rings. The van der Waals surface area contributed by atoms with Crippen molar-refractivity contribution >= 4 is 54.6 Å². The van der Waals surface area contributed by atoms with Gasteiger partial charge in [-0.2, -0.15) is 0 Å².